The van der Waals surface area contributed by atoms with Crippen molar-refractivity contribution >= 4 is 17.6 Å². The standard InChI is InChI=1S/C13H22N4O4/c1-8(13(18)19)6-5-7-9(2)14-11-12(17(20)21)15-10(3)16(11)4/h8-9,14H,5-7H2,1-4H3,(H,18,19). The van der Waals surface area contributed by atoms with Gasteiger partial charge in [-0.1, -0.05) is 13.3 Å². The fraction of sp³-hybridized carbons (Fsp3) is 0.692. The summed E-state index contributed by atoms with van der Waals surface area (Å²) in [4.78, 5) is 25.1. The number of aliphatic carboxylic acids is 1. The molecule has 21 heavy (non-hydrogen) atoms. The second kappa shape index (κ2) is 7.05. The number of nitrogens with zero attached hydrogens (tertiary/aromatic N) is 3. The number of nitro groups is 1. The van der Waals surface area contributed by atoms with E-state index in [4.69, 9.17) is 5.11 Å². The van der Waals surface area contributed by atoms with Crippen molar-refractivity contribution in [2.24, 2.45) is 13.0 Å². The molecule has 0 radical (unpaired) electrons. The maximum Gasteiger partial charge on any atom is 0.406 e. The molecule has 118 valence electrons. The zero-order valence-corrected chi connectivity index (χ0v) is 12.8. The summed E-state index contributed by atoms with van der Waals surface area (Å²) in [6, 6.07) is -0.000468. The van der Waals surface area contributed by atoms with Crippen LogP contribution in [-0.2, 0) is 11.8 Å². The molecule has 0 fully saturated rings. The van der Waals surface area contributed by atoms with E-state index in [-0.39, 0.29) is 17.8 Å². The second-order valence-electron chi connectivity index (χ2n) is 5.36. The predicted molar refractivity (Wildman–Crippen MR) is 78.3 cm³/mol. The first-order chi connectivity index (χ1) is 9.73. The Morgan fingerprint density at radius 1 is 1.48 bits per heavy atom. The molecule has 2 unspecified atom stereocenters. The van der Waals surface area contributed by atoms with E-state index >= 15 is 0 Å². The maximum atomic E-state index is 11.0. The number of aromatic nitrogens is 2. The number of nitrogens with one attached hydrogen (secondary N) is 1. The molecule has 0 bridgehead atoms. The average molecular weight is 298 g/mol. The van der Waals surface area contributed by atoms with Crippen LogP contribution in [0, 0.1) is 23.0 Å². The van der Waals surface area contributed by atoms with Gasteiger partial charge in [0.05, 0.1) is 5.92 Å². The predicted octanol–water partition coefficient (Wildman–Crippen LogP) is 2.33. The van der Waals surface area contributed by atoms with Crippen LogP contribution < -0.4 is 5.32 Å². The van der Waals surface area contributed by atoms with Gasteiger partial charge < -0.3 is 20.5 Å². The SMILES string of the molecule is Cc1nc([N+](=O)[O-])c(NC(C)CCCC(C)C(=O)O)n1C. The maximum absolute atomic E-state index is 11.0. The van der Waals surface area contributed by atoms with Crippen molar-refractivity contribution in [2.45, 2.75) is 46.1 Å². The zero-order valence-electron chi connectivity index (χ0n) is 12.8. The van der Waals surface area contributed by atoms with Crippen molar-refractivity contribution in [3.8, 4) is 0 Å². The van der Waals surface area contributed by atoms with Crippen LogP contribution in [0.15, 0.2) is 0 Å². The minimum Gasteiger partial charge on any atom is -0.481 e. The van der Waals surface area contributed by atoms with Crippen LogP contribution in [0.3, 0.4) is 0 Å². The molecule has 2 atom stereocenters. The molecule has 1 aromatic rings. The third-order valence-electron chi connectivity index (χ3n) is 3.55. The molecule has 1 rings (SSSR count). The highest BCUT2D eigenvalue weighted by atomic mass is 16.6. The topological polar surface area (TPSA) is 110 Å². The molecule has 8 heteroatoms. The number of carboxylic acid groups (broad SMARTS) is 1. The first-order valence-electron chi connectivity index (χ1n) is 6.91. The van der Waals surface area contributed by atoms with E-state index in [1.54, 1.807) is 25.5 Å². The van der Waals surface area contributed by atoms with Crippen LogP contribution in [0.2, 0.25) is 0 Å². The lowest BCUT2D eigenvalue weighted by Gasteiger charge is -2.15. The summed E-state index contributed by atoms with van der Waals surface area (Å²) < 4.78 is 1.65. The molecule has 8 nitrogen and oxygen atoms in total. The molecule has 0 saturated carbocycles. The van der Waals surface area contributed by atoms with Gasteiger partial charge in [-0.2, -0.15) is 0 Å². The fourth-order valence-corrected chi connectivity index (χ4v) is 2.04. The number of imidazole rings is 1. The van der Waals surface area contributed by atoms with Gasteiger partial charge in [-0.3, -0.25) is 9.36 Å². The molecule has 2 N–H and O–H groups in total. The highest BCUT2D eigenvalue weighted by molar-refractivity contribution is 5.69. The average Bonchev–Trinajstić information content (AvgIpc) is 2.67. The van der Waals surface area contributed by atoms with Crippen LogP contribution in [0.1, 0.15) is 38.9 Å². The van der Waals surface area contributed by atoms with Gasteiger partial charge in [0, 0.05) is 20.0 Å². The molecule has 1 aromatic heterocycles. The van der Waals surface area contributed by atoms with Crippen LogP contribution in [0.5, 0.6) is 0 Å². The van der Waals surface area contributed by atoms with E-state index < -0.39 is 10.9 Å². The highest BCUT2D eigenvalue weighted by Crippen LogP contribution is 2.25. The van der Waals surface area contributed by atoms with Gasteiger partial charge in [-0.25, -0.2) is 0 Å². The Bertz CT molecular complexity index is 526. The van der Waals surface area contributed by atoms with E-state index in [0.29, 0.717) is 18.1 Å². The second-order valence-corrected chi connectivity index (χ2v) is 5.36. The summed E-state index contributed by atoms with van der Waals surface area (Å²) in [5, 5.41) is 22.9. The van der Waals surface area contributed by atoms with Gasteiger partial charge in [0.2, 0.25) is 11.6 Å². The van der Waals surface area contributed by atoms with Crippen molar-refractivity contribution in [3.05, 3.63) is 15.9 Å². The number of hydrogen-bond donors (Lipinski definition) is 2. The first-order valence-corrected chi connectivity index (χ1v) is 6.91. The Balaban J connectivity index is 2.61. The summed E-state index contributed by atoms with van der Waals surface area (Å²) in [5.74, 6) is -0.396. The van der Waals surface area contributed by atoms with Crippen molar-refractivity contribution in [2.75, 3.05) is 5.32 Å². The number of carbonyl (C=O) groups is 1. The normalized spacial score (nSPS) is 13.7. The van der Waals surface area contributed by atoms with Gasteiger partial charge in [0.15, 0.2) is 0 Å². The van der Waals surface area contributed by atoms with Crippen LogP contribution >= 0.6 is 0 Å². The first kappa shape index (κ1) is 16.9. The smallest absolute Gasteiger partial charge is 0.406 e. The van der Waals surface area contributed by atoms with Crippen LogP contribution in [-0.4, -0.2) is 31.6 Å². The molecule has 0 aliphatic heterocycles. The van der Waals surface area contributed by atoms with E-state index in [1.165, 1.54) is 0 Å². The minimum absolute atomic E-state index is 0.000468. The Labute approximate surface area is 123 Å². The fourth-order valence-electron chi connectivity index (χ4n) is 2.04. The molecule has 0 spiro atoms. The molecular weight excluding hydrogens is 276 g/mol. The van der Waals surface area contributed by atoms with Crippen molar-refractivity contribution in [3.63, 3.8) is 0 Å². The number of rotatable bonds is 8. The molecular formula is C13H22N4O4. The number of hydrogen-bond acceptors (Lipinski definition) is 5. The van der Waals surface area contributed by atoms with Crippen molar-refractivity contribution in [1.82, 2.24) is 9.55 Å². The van der Waals surface area contributed by atoms with Gasteiger partial charge in [-0.05, 0) is 29.7 Å². The third kappa shape index (κ3) is 4.44. The quantitative estimate of drug-likeness (QED) is 0.563. The monoisotopic (exact) mass is 298 g/mol. The van der Waals surface area contributed by atoms with E-state index in [0.717, 1.165) is 12.8 Å². The summed E-state index contributed by atoms with van der Waals surface area (Å²) in [5.41, 5.74) is 0. The lowest BCUT2D eigenvalue weighted by atomic mass is 10.0. The Morgan fingerprint density at radius 2 is 2.10 bits per heavy atom. The molecule has 0 aliphatic rings. The highest BCUT2D eigenvalue weighted by Gasteiger charge is 2.24. The summed E-state index contributed by atoms with van der Waals surface area (Å²) in [6.07, 6.45) is 2.07. The summed E-state index contributed by atoms with van der Waals surface area (Å²) in [6.45, 7) is 5.30. The van der Waals surface area contributed by atoms with Gasteiger partial charge in [-0.15, -0.1) is 0 Å². The zero-order chi connectivity index (χ0) is 16.2. The lowest BCUT2D eigenvalue weighted by molar-refractivity contribution is -0.388. The van der Waals surface area contributed by atoms with Gasteiger partial charge in [0.25, 0.3) is 0 Å². The molecule has 0 aromatic carbocycles. The van der Waals surface area contributed by atoms with Crippen molar-refractivity contribution < 1.29 is 14.8 Å². The van der Waals surface area contributed by atoms with Gasteiger partial charge in [0.1, 0.15) is 0 Å². The van der Waals surface area contributed by atoms with Crippen LogP contribution in [0.4, 0.5) is 11.6 Å². The van der Waals surface area contributed by atoms with Gasteiger partial charge >= 0.3 is 11.8 Å². The molecule has 0 saturated heterocycles. The number of aryl methyl sites for hydroxylation is 1. The minimum atomic E-state index is -0.798. The van der Waals surface area contributed by atoms with Crippen LogP contribution in [0.25, 0.3) is 0 Å². The van der Waals surface area contributed by atoms with Crippen molar-refractivity contribution in [1.29, 1.82) is 0 Å². The number of carboxylic acids is 1. The summed E-state index contributed by atoms with van der Waals surface area (Å²) >= 11 is 0. The molecule has 0 aliphatic carbocycles. The Morgan fingerprint density at radius 3 is 2.62 bits per heavy atom. The third-order valence-corrected chi connectivity index (χ3v) is 3.55. The summed E-state index contributed by atoms with van der Waals surface area (Å²) in [7, 11) is 1.72. The molecule has 1 heterocycles. The van der Waals surface area contributed by atoms with E-state index in [1.807, 2.05) is 6.92 Å². The Hall–Kier alpha value is -2.12. The molecule has 0 amide bonds. The Kier molecular flexibility index (Phi) is 5.69. The number of anilines is 1. The van der Waals surface area contributed by atoms with E-state index in [2.05, 4.69) is 10.3 Å². The van der Waals surface area contributed by atoms with E-state index in [9.17, 15) is 14.9 Å². The largest absolute Gasteiger partial charge is 0.481 e. The lowest BCUT2D eigenvalue weighted by Crippen LogP contribution is -2.19.